The van der Waals surface area contributed by atoms with E-state index in [1.165, 1.54) is 63.7 Å². The van der Waals surface area contributed by atoms with Gasteiger partial charge in [0.1, 0.15) is 16.3 Å². The molecule has 0 bridgehead atoms. The van der Waals surface area contributed by atoms with Crippen LogP contribution in [0.4, 0.5) is 0 Å². The number of carbonyl (C=O) groups is 1. The molecule has 145 heavy (non-hydrogen) atoms. The number of carbonyl (C=O) groups excluding carboxylic acids is 1. The van der Waals surface area contributed by atoms with Crippen molar-refractivity contribution in [1.82, 2.24) is 19.9 Å². The van der Waals surface area contributed by atoms with E-state index in [4.69, 9.17) is 68.0 Å². The molecule has 0 unspecified atom stereocenters. The Bertz CT molecular complexity index is 7000. The van der Waals surface area contributed by atoms with Gasteiger partial charge in [0.15, 0.2) is 0 Å². The molecule has 1 aliphatic rings. The summed E-state index contributed by atoms with van der Waals surface area (Å²) in [6.07, 6.45) is 0. The number of hydrogen-bond acceptors (Lipinski definition) is 11. The van der Waals surface area contributed by atoms with Gasteiger partial charge in [-0.15, -0.1) is 0 Å². The van der Waals surface area contributed by atoms with Crippen molar-refractivity contribution < 1.29 is 158 Å². The molecular formula is C123H104BCl3K2N4O7P4Pd. The maximum absolute atomic E-state index is 8.64. The first-order valence-electron chi connectivity index (χ1n) is 46.5. The summed E-state index contributed by atoms with van der Waals surface area (Å²) in [4.78, 5) is 29.2. The average Bonchev–Trinajstić information content (AvgIpc) is 1.58. The van der Waals surface area contributed by atoms with Crippen LogP contribution < -0.4 is 177 Å². The first-order valence-corrected chi connectivity index (χ1v) is 53.0. The molecule has 0 spiro atoms. The molecule has 0 N–H and O–H groups in total. The molecule has 22 aromatic rings. The topological polar surface area (TPSA) is 146 Å². The van der Waals surface area contributed by atoms with Crippen LogP contribution in [0.25, 0.3) is 77.2 Å². The van der Waals surface area contributed by atoms with Crippen LogP contribution in [0.15, 0.2) is 482 Å². The summed E-state index contributed by atoms with van der Waals surface area (Å²) < 4.78 is 24.7. The maximum atomic E-state index is 8.64. The Morgan fingerprint density at radius 2 is 0.559 bits per heavy atom. The van der Waals surface area contributed by atoms with Crippen molar-refractivity contribution >= 4 is 215 Å². The SMILES string of the molecule is Cc1cc(-c2ccc3c(Cl)cccc3n2)c2oc3nc(C)ccc3c2c1.Cc1cc(B2OC(C)(C)C(C)(C)O2)c2oc3nc(C)ccc3c2c1.Clc1ccc2c(Cl)cccc2n1.O=CO[O-].[H-].[K+].[K+].[Pd].c1ccc(P(c2ccccc2)c2ccccc2)cc1.c1ccc(P(c2ccccc2)c2ccccc2)cc1.c1ccc(P(c2ccccc2)c2ccccc2)cc1.c1ccc(P(c2ccccc2)c2ccccc2)cc1. The van der Waals surface area contributed by atoms with E-state index in [1.54, 1.807) is 6.07 Å². The number of nitrogens with zero attached hydrogens (tertiary/aromatic N) is 4. The summed E-state index contributed by atoms with van der Waals surface area (Å²) in [5.41, 5.74) is 10.8. The summed E-state index contributed by atoms with van der Waals surface area (Å²) in [5, 5.41) is 33.2. The van der Waals surface area contributed by atoms with Crippen LogP contribution in [0, 0.1) is 27.7 Å². The normalized spacial score (nSPS) is 11.9. The van der Waals surface area contributed by atoms with Gasteiger partial charge in [0, 0.05) is 85.2 Å². The zero-order chi connectivity index (χ0) is 98.7. The molecule has 0 atom stereocenters. The Morgan fingerprint density at radius 1 is 0.303 bits per heavy atom. The number of aryl methyl sites for hydroxylation is 4. The molecule has 0 aliphatic carbocycles. The number of rotatable bonds is 15. The van der Waals surface area contributed by atoms with Crippen LogP contribution in [-0.2, 0) is 39.4 Å². The van der Waals surface area contributed by atoms with Gasteiger partial charge >= 0.3 is 110 Å². The van der Waals surface area contributed by atoms with Crippen molar-refractivity contribution in [2.75, 3.05) is 0 Å². The van der Waals surface area contributed by atoms with Gasteiger partial charge in [0.2, 0.25) is 11.4 Å². The van der Waals surface area contributed by atoms with Gasteiger partial charge in [-0.05, 0) is 247 Å². The summed E-state index contributed by atoms with van der Waals surface area (Å²) in [7, 11) is -2.23. The van der Waals surface area contributed by atoms with Gasteiger partial charge in [-0.2, -0.15) is 0 Å². The zero-order valence-corrected chi connectivity index (χ0v) is 95.7. The van der Waals surface area contributed by atoms with Crippen LogP contribution in [0.1, 0.15) is 51.6 Å². The molecule has 11 nitrogen and oxygen atoms in total. The van der Waals surface area contributed by atoms with Crippen LogP contribution >= 0.6 is 66.5 Å². The van der Waals surface area contributed by atoms with Crippen LogP contribution in [0.5, 0.6) is 0 Å². The second-order valence-corrected chi connectivity index (χ2v) is 44.4. The number of pyridine rings is 4. The predicted molar refractivity (Wildman–Crippen MR) is 604 cm³/mol. The Balaban J connectivity index is 0.000000151. The van der Waals surface area contributed by atoms with Crippen LogP contribution in [0.2, 0.25) is 15.2 Å². The van der Waals surface area contributed by atoms with E-state index in [9.17, 15) is 0 Å². The van der Waals surface area contributed by atoms with Gasteiger partial charge < -0.3 is 29.7 Å². The number of halogens is 3. The third-order valence-electron chi connectivity index (χ3n) is 23.8. The molecule has 0 radical (unpaired) electrons. The number of hydrogen-bond donors (Lipinski definition) is 0. The minimum absolute atomic E-state index is 0. The molecule has 0 saturated carbocycles. The van der Waals surface area contributed by atoms with Gasteiger partial charge in [-0.25, -0.2) is 19.9 Å². The fraction of sp³-hybridized carbons (Fsp3) is 0.0813. The fourth-order valence-electron chi connectivity index (χ4n) is 16.4. The Hall–Kier alpha value is -9.82. The molecule has 7 heterocycles. The second-order valence-electron chi connectivity index (χ2n) is 34.3. The second kappa shape index (κ2) is 55.4. The van der Waals surface area contributed by atoms with E-state index in [2.05, 4.69) is 462 Å². The van der Waals surface area contributed by atoms with E-state index in [0.29, 0.717) is 26.6 Å². The number of fused-ring (bicyclic) bond motifs is 8. The third-order valence-corrected chi connectivity index (χ3v) is 34.4. The average molecular weight is 2180 g/mol. The van der Waals surface area contributed by atoms with Gasteiger partial charge in [0.25, 0.3) is 6.47 Å². The fourth-order valence-corrected chi connectivity index (χ4v) is 26.3. The monoisotopic (exact) mass is 2170 g/mol. The van der Waals surface area contributed by atoms with Crippen LogP contribution in [0.3, 0.4) is 0 Å². The molecule has 0 amide bonds. The van der Waals surface area contributed by atoms with E-state index in [1.807, 2.05) is 80.6 Å². The quantitative estimate of drug-likeness (QED) is 0.0241. The Morgan fingerprint density at radius 3 is 0.848 bits per heavy atom. The molecular weight excluding hydrogens is 2070 g/mol. The summed E-state index contributed by atoms with van der Waals surface area (Å²) in [5.74, 6) is 0. The summed E-state index contributed by atoms with van der Waals surface area (Å²) >= 11 is 17.9. The predicted octanol–water partition coefficient (Wildman–Crippen LogP) is 20.2. The minimum atomic E-state index is -0.446. The minimum Gasteiger partial charge on any atom is -1.00 e. The van der Waals surface area contributed by atoms with E-state index in [-0.39, 0.29) is 142 Å². The standard InChI is InChI=1S/C22H15ClN2O.C19H22BNO3.4C18H15P.C9H5Cl2N.CH2O3.2K.Pd.H/c1-12-10-16-14-7-6-13(2)24-22(14)26-21(16)17(11-12)20-9-8-15-18(23)4-3-5-19(15)25-20;1-11-9-14-13-8-7-12(2)21-17(13)22-16(14)15(10-11)20-23-18(3,4)19(5,6)24-20;4*1-4-10-16(11-5-1)19(17-12-6-2-7-13-17)18-14-8-3-9-15-18;10-7-2-1-3-8-6(7)4-5-9(11)12-8;2-1-4-3;;;;/h3-11H,1-2H3;7-10H,1-6H3;4*1-15H;1-5H;1,3H;;;;/q;;;;;;;;2*+1;;-1/p-1. The van der Waals surface area contributed by atoms with Crippen molar-refractivity contribution in [3.8, 4) is 11.3 Å². The van der Waals surface area contributed by atoms with Crippen molar-refractivity contribution in [2.45, 2.75) is 66.6 Å². The van der Waals surface area contributed by atoms with Crippen molar-refractivity contribution in [3.05, 3.63) is 511 Å². The zero-order valence-electron chi connectivity index (χ0n) is 83.1. The number of benzene rings is 16. The molecule has 1 saturated heterocycles. The maximum Gasteiger partial charge on any atom is 1.00 e. The first-order chi connectivity index (χ1) is 69.3. The molecule has 1 aliphatic heterocycles. The Labute approximate surface area is 969 Å². The summed E-state index contributed by atoms with van der Waals surface area (Å²) in [6.45, 7) is 16.1. The van der Waals surface area contributed by atoms with E-state index >= 15 is 0 Å². The Kier molecular flexibility index (Phi) is 43.0. The molecule has 714 valence electrons. The molecule has 22 heteroatoms. The largest absolute Gasteiger partial charge is 1.00 e. The smallest absolute Gasteiger partial charge is 1.00 e. The van der Waals surface area contributed by atoms with Gasteiger partial charge in [0.05, 0.1) is 27.9 Å². The van der Waals surface area contributed by atoms with E-state index < -0.39 is 38.8 Å². The third kappa shape index (κ3) is 29.4. The van der Waals surface area contributed by atoms with Gasteiger partial charge in [-0.1, -0.05) is 423 Å². The number of aromatic nitrogens is 4. The molecule has 6 aromatic heterocycles. The van der Waals surface area contributed by atoms with Crippen molar-refractivity contribution in [2.24, 2.45) is 0 Å². The van der Waals surface area contributed by atoms with Gasteiger partial charge in [-0.3, -0.25) is 4.79 Å². The molecule has 16 aromatic carbocycles. The van der Waals surface area contributed by atoms with Crippen molar-refractivity contribution in [3.63, 3.8) is 0 Å². The van der Waals surface area contributed by atoms with Crippen LogP contribution in [-0.4, -0.2) is 44.7 Å². The molecule has 1 fully saturated rings. The van der Waals surface area contributed by atoms with Crippen molar-refractivity contribution in [1.29, 1.82) is 0 Å². The first kappa shape index (κ1) is 112. The number of furan rings is 2. The molecule has 23 rings (SSSR count). The summed E-state index contributed by atoms with van der Waals surface area (Å²) in [6, 6.07) is 165. The van der Waals surface area contributed by atoms with E-state index in [0.717, 1.165) is 93.8 Å².